The quantitative estimate of drug-likeness (QED) is 0.593. The zero-order valence-electron chi connectivity index (χ0n) is 14.3. The number of nitrogens with one attached hydrogen (secondary N) is 1. The molecule has 2 aromatic heterocycles. The number of hydrogen-bond acceptors (Lipinski definition) is 5. The topological polar surface area (TPSA) is 72.2 Å². The monoisotopic (exact) mass is 335 g/mol. The molecule has 1 amide bonds. The maximum Gasteiger partial charge on any atom is 0.253 e. The average molecular weight is 335 g/mol. The summed E-state index contributed by atoms with van der Waals surface area (Å²) < 4.78 is 1.86. The second-order valence-corrected chi connectivity index (χ2v) is 6.72. The molecule has 0 aliphatic carbocycles. The van der Waals surface area contributed by atoms with Crippen molar-refractivity contribution in [2.75, 3.05) is 12.3 Å². The van der Waals surface area contributed by atoms with Gasteiger partial charge in [0.05, 0.1) is 0 Å². The van der Waals surface area contributed by atoms with Gasteiger partial charge in [0.2, 0.25) is 11.1 Å². The first-order valence-corrected chi connectivity index (χ1v) is 9.11. The van der Waals surface area contributed by atoms with Crippen molar-refractivity contribution in [2.45, 2.75) is 58.5 Å². The van der Waals surface area contributed by atoms with E-state index in [9.17, 15) is 4.79 Å². The summed E-state index contributed by atoms with van der Waals surface area (Å²) in [5, 5.41) is 8.11. The smallest absolute Gasteiger partial charge is 0.253 e. The van der Waals surface area contributed by atoms with E-state index in [4.69, 9.17) is 0 Å². The molecule has 7 heteroatoms. The average Bonchev–Trinajstić information content (AvgIpc) is 2.89. The van der Waals surface area contributed by atoms with Crippen LogP contribution in [0.1, 0.15) is 50.1 Å². The van der Waals surface area contributed by atoms with Gasteiger partial charge in [-0.2, -0.15) is 4.98 Å². The number of amides is 1. The largest absolute Gasteiger partial charge is 0.356 e. The Morgan fingerprint density at radius 3 is 2.74 bits per heavy atom. The second kappa shape index (κ2) is 8.29. The zero-order valence-corrected chi connectivity index (χ0v) is 15.2. The van der Waals surface area contributed by atoms with Gasteiger partial charge in [0.25, 0.3) is 5.78 Å². The van der Waals surface area contributed by atoms with E-state index in [2.05, 4.69) is 34.2 Å². The van der Waals surface area contributed by atoms with Crippen molar-refractivity contribution in [3.63, 3.8) is 0 Å². The Kier molecular flexibility index (Phi) is 6.38. The van der Waals surface area contributed by atoms with Crippen LogP contribution in [0, 0.1) is 13.8 Å². The lowest BCUT2D eigenvalue weighted by Gasteiger charge is -2.09. The molecule has 6 nitrogen and oxygen atoms in total. The third-order valence-corrected chi connectivity index (χ3v) is 4.66. The number of carbonyl (C=O) groups is 1. The second-order valence-electron chi connectivity index (χ2n) is 5.66. The first-order valence-electron chi connectivity index (χ1n) is 8.13. The van der Waals surface area contributed by atoms with Crippen LogP contribution >= 0.6 is 11.8 Å². The van der Waals surface area contributed by atoms with E-state index in [1.807, 2.05) is 11.4 Å². The van der Waals surface area contributed by atoms with Gasteiger partial charge in [-0.25, -0.2) is 9.50 Å². The Morgan fingerprint density at radius 2 is 2.04 bits per heavy atom. The summed E-state index contributed by atoms with van der Waals surface area (Å²) in [5.74, 6) is 1.55. The highest BCUT2D eigenvalue weighted by atomic mass is 32.2. The number of unbranched alkanes of at least 4 members (excludes halogenated alkanes) is 1. The van der Waals surface area contributed by atoms with Crippen LogP contribution in [0.4, 0.5) is 0 Å². The summed E-state index contributed by atoms with van der Waals surface area (Å²) >= 11 is 1.60. The van der Waals surface area contributed by atoms with E-state index in [1.54, 1.807) is 11.8 Å². The molecule has 126 valence electrons. The van der Waals surface area contributed by atoms with Gasteiger partial charge in [-0.05, 0) is 38.7 Å². The van der Waals surface area contributed by atoms with Crippen molar-refractivity contribution in [3.8, 4) is 0 Å². The maximum atomic E-state index is 10.8. The van der Waals surface area contributed by atoms with Gasteiger partial charge in [-0.1, -0.05) is 25.1 Å². The summed E-state index contributed by atoms with van der Waals surface area (Å²) in [6.45, 7) is 8.55. The van der Waals surface area contributed by atoms with Crippen molar-refractivity contribution >= 4 is 23.4 Å². The molecule has 2 heterocycles. The molecule has 1 N–H and O–H groups in total. The van der Waals surface area contributed by atoms with Crippen molar-refractivity contribution in [1.82, 2.24) is 24.9 Å². The standard InChI is InChI=1S/C16H25N5OS/c1-5-6-8-14-11(2)18-15-19-16(20-21(15)12(14)3)23-10-7-9-17-13(4)22/h5-10H2,1-4H3,(H,17,22). The van der Waals surface area contributed by atoms with E-state index in [0.717, 1.165) is 41.6 Å². The fraction of sp³-hybridized carbons (Fsp3) is 0.625. The number of aryl methyl sites for hydroxylation is 2. The lowest BCUT2D eigenvalue weighted by molar-refractivity contribution is -0.118. The lowest BCUT2D eigenvalue weighted by Crippen LogP contribution is -2.21. The Labute approximate surface area is 141 Å². The molecule has 0 aliphatic rings. The van der Waals surface area contributed by atoms with Crippen LogP contribution in [-0.4, -0.2) is 37.8 Å². The Balaban J connectivity index is 2.06. The molecule has 2 aromatic rings. The summed E-state index contributed by atoms with van der Waals surface area (Å²) in [4.78, 5) is 19.9. The minimum Gasteiger partial charge on any atom is -0.356 e. The number of nitrogens with zero attached hydrogens (tertiary/aromatic N) is 4. The van der Waals surface area contributed by atoms with Gasteiger partial charge in [0.15, 0.2) is 0 Å². The summed E-state index contributed by atoms with van der Waals surface area (Å²) in [5.41, 5.74) is 3.48. The van der Waals surface area contributed by atoms with Crippen LogP contribution < -0.4 is 5.32 Å². The van der Waals surface area contributed by atoms with Gasteiger partial charge in [-0.3, -0.25) is 4.79 Å². The van der Waals surface area contributed by atoms with Crippen molar-refractivity contribution in [3.05, 3.63) is 17.0 Å². The highest BCUT2D eigenvalue weighted by Crippen LogP contribution is 2.19. The number of rotatable bonds is 8. The predicted octanol–water partition coefficient (Wildman–Crippen LogP) is 2.70. The van der Waals surface area contributed by atoms with Crippen molar-refractivity contribution in [2.24, 2.45) is 0 Å². The third kappa shape index (κ3) is 4.67. The lowest BCUT2D eigenvalue weighted by atomic mass is 10.1. The molecule has 0 spiro atoms. The number of thioether (sulfide) groups is 1. The Morgan fingerprint density at radius 1 is 1.26 bits per heavy atom. The normalized spacial score (nSPS) is 11.1. The molecule has 2 rings (SSSR count). The van der Waals surface area contributed by atoms with Gasteiger partial charge >= 0.3 is 0 Å². The predicted molar refractivity (Wildman–Crippen MR) is 92.9 cm³/mol. The highest BCUT2D eigenvalue weighted by Gasteiger charge is 2.13. The van der Waals surface area contributed by atoms with Crippen LogP contribution in [0.2, 0.25) is 0 Å². The summed E-state index contributed by atoms with van der Waals surface area (Å²) in [6.07, 6.45) is 4.27. The summed E-state index contributed by atoms with van der Waals surface area (Å²) in [6, 6.07) is 0. The van der Waals surface area contributed by atoms with E-state index in [1.165, 1.54) is 18.9 Å². The highest BCUT2D eigenvalue weighted by molar-refractivity contribution is 7.99. The fourth-order valence-electron chi connectivity index (χ4n) is 2.47. The zero-order chi connectivity index (χ0) is 16.8. The third-order valence-electron chi connectivity index (χ3n) is 3.74. The fourth-order valence-corrected chi connectivity index (χ4v) is 3.22. The van der Waals surface area contributed by atoms with Crippen molar-refractivity contribution in [1.29, 1.82) is 0 Å². The maximum absolute atomic E-state index is 10.8. The van der Waals surface area contributed by atoms with E-state index >= 15 is 0 Å². The Bertz CT molecular complexity index is 683. The van der Waals surface area contributed by atoms with Gasteiger partial charge < -0.3 is 5.32 Å². The molecule has 0 aliphatic heterocycles. The van der Waals surface area contributed by atoms with Crippen LogP contribution in [0.15, 0.2) is 5.16 Å². The van der Waals surface area contributed by atoms with Crippen molar-refractivity contribution < 1.29 is 4.79 Å². The summed E-state index contributed by atoms with van der Waals surface area (Å²) in [7, 11) is 0. The van der Waals surface area contributed by atoms with Gasteiger partial charge in [0, 0.05) is 30.6 Å². The van der Waals surface area contributed by atoms with E-state index in [-0.39, 0.29) is 5.91 Å². The number of aromatic nitrogens is 4. The number of hydrogen-bond donors (Lipinski definition) is 1. The van der Waals surface area contributed by atoms with Crippen LogP contribution in [0.25, 0.3) is 5.78 Å². The molecule has 0 bridgehead atoms. The van der Waals surface area contributed by atoms with Gasteiger partial charge in [0.1, 0.15) is 0 Å². The molecule has 0 fully saturated rings. The van der Waals surface area contributed by atoms with Crippen LogP contribution in [-0.2, 0) is 11.2 Å². The van der Waals surface area contributed by atoms with Crippen LogP contribution in [0.3, 0.4) is 0 Å². The molecule has 0 radical (unpaired) electrons. The molecule has 0 unspecified atom stereocenters. The van der Waals surface area contributed by atoms with E-state index in [0.29, 0.717) is 12.3 Å². The molecule has 23 heavy (non-hydrogen) atoms. The molecular formula is C16H25N5OS. The number of carbonyl (C=O) groups excluding carboxylic acids is 1. The molecular weight excluding hydrogens is 310 g/mol. The minimum atomic E-state index is 0.00997. The first kappa shape index (κ1) is 17.7. The minimum absolute atomic E-state index is 0.00997. The van der Waals surface area contributed by atoms with E-state index < -0.39 is 0 Å². The van der Waals surface area contributed by atoms with Gasteiger partial charge in [-0.15, -0.1) is 5.10 Å². The Hall–Kier alpha value is -1.63. The number of fused-ring (bicyclic) bond motifs is 1. The SMILES string of the molecule is CCCCc1c(C)nc2nc(SCCCNC(C)=O)nn2c1C. The molecule has 0 saturated heterocycles. The first-order chi connectivity index (χ1) is 11.0. The van der Waals surface area contributed by atoms with Crippen LogP contribution in [0.5, 0.6) is 0 Å². The molecule has 0 atom stereocenters. The molecule has 0 aromatic carbocycles. The molecule has 0 saturated carbocycles.